The first kappa shape index (κ1) is 25.7. The summed E-state index contributed by atoms with van der Waals surface area (Å²) in [7, 11) is 0. The molecule has 0 fully saturated rings. The van der Waals surface area contributed by atoms with Crippen LogP contribution in [0.5, 0.6) is 11.5 Å². The van der Waals surface area contributed by atoms with Crippen molar-refractivity contribution in [2.24, 2.45) is 10.9 Å². The summed E-state index contributed by atoms with van der Waals surface area (Å²) in [5, 5.41) is 3.81. The first-order chi connectivity index (χ1) is 19.2. The average Bonchev–Trinajstić information content (AvgIpc) is 3.47. The zero-order chi connectivity index (χ0) is 26.6. The molecular formula is C34H31IN2O2. The molecule has 196 valence electrons. The monoisotopic (exact) mass is 626 g/mol. The number of rotatable bonds is 8. The van der Waals surface area contributed by atoms with Gasteiger partial charge in [-0.1, -0.05) is 72.8 Å². The Morgan fingerprint density at radius 3 is 2.56 bits per heavy atom. The van der Waals surface area contributed by atoms with Crippen LogP contribution < -0.4 is 14.8 Å². The highest BCUT2D eigenvalue weighted by Crippen LogP contribution is 2.49. The van der Waals surface area contributed by atoms with Gasteiger partial charge in [-0.15, -0.1) is 0 Å². The van der Waals surface area contributed by atoms with Crippen LogP contribution in [0, 0.1) is 9.49 Å². The van der Waals surface area contributed by atoms with Crippen molar-refractivity contribution >= 4 is 40.2 Å². The molecule has 0 radical (unpaired) electrons. The molecule has 2 aliphatic rings. The second kappa shape index (κ2) is 11.7. The number of benzene rings is 4. The summed E-state index contributed by atoms with van der Waals surface area (Å²) < 4.78 is 13.1. The second-order valence-electron chi connectivity index (χ2n) is 9.95. The van der Waals surface area contributed by atoms with Gasteiger partial charge in [0, 0.05) is 17.8 Å². The summed E-state index contributed by atoms with van der Waals surface area (Å²) in [4.78, 5) is 4.77. The molecule has 5 heteroatoms. The Hall–Kier alpha value is -3.58. The van der Waals surface area contributed by atoms with Gasteiger partial charge in [-0.25, -0.2) is 0 Å². The van der Waals surface area contributed by atoms with Gasteiger partial charge in [-0.05, 0) is 94.4 Å². The van der Waals surface area contributed by atoms with Gasteiger partial charge >= 0.3 is 0 Å². The van der Waals surface area contributed by atoms with Crippen LogP contribution in [0.1, 0.15) is 47.6 Å². The molecule has 1 heterocycles. The number of halogens is 1. The van der Waals surface area contributed by atoms with E-state index in [-0.39, 0.29) is 6.04 Å². The van der Waals surface area contributed by atoms with Gasteiger partial charge in [-0.2, -0.15) is 0 Å². The molecular weight excluding hydrogens is 595 g/mol. The van der Waals surface area contributed by atoms with Crippen molar-refractivity contribution < 1.29 is 9.47 Å². The molecule has 1 aliphatic carbocycles. The highest BCUT2D eigenvalue weighted by atomic mass is 127. The molecule has 3 atom stereocenters. The quantitative estimate of drug-likeness (QED) is 0.121. The van der Waals surface area contributed by atoms with Crippen LogP contribution in [0.2, 0.25) is 0 Å². The maximum atomic E-state index is 6.16. The molecule has 39 heavy (non-hydrogen) atoms. The fraction of sp³-hybridized carbons (Fsp3) is 0.206. The van der Waals surface area contributed by atoms with Gasteiger partial charge in [0.25, 0.3) is 0 Å². The van der Waals surface area contributed by atoms with Crippen LogP contribution in [0.25, 0.3) is 0 Å². The normalized spacial score (nSPS) is 19.4. The van der Waals surface area contributed by atoms with Crippen LogP contribution in [-0.2, 0) is 6.61 Å². The third-order valence-corrected chi connectivity index (χ3v) is 8.25. The lowest BCUT2D eigenvalue weighted by Crippen LogP contribution is -2.28. The topological polar surface area (TPSA) is 42.8 Å². The predicted molar refractivity (Wildman–Crippen MR) is 168 cm³/mol. The SMILES string of the molecule is CCOc1cc(C=Nc2ccc([C@@H]3Nc4ccccc4[C@@H]4C=CC[C@@H]43)cc2)cc(I)c1OCc1ccccc1. The van der Waals surface area contributed by atoms with E-state index < -0.39 is 0 Å². The molecule has 0 saturated heterocycles. The number of anilines is 1. The smallest absolute Gasteiger partial charge is 0.175 e. The molecule has 0 aromatic heterocycles. The zero-order valence-electron chi connectivity index (χ0n) is 21.9. The molecule has 0 unspecified atom stereocenters. The first-order valence-electron chi connectivity index (χ1n) is 13.5. The number of hydrogen-bond donors (Lipinski definition) is 1. The average molecular weight is 627 g/mol. The number of allylic oxidation sites excluding steroid dienone is 2. The maximum absolute atomic E-state index is 6.16. The van der Waals surface area contributed by atoms with Gasteiger partial charge in [0.15, 0.2) is 11.5 Å². The molecule has 6 rings (SSSR count). The molecule has 4 nitrogen and oxygen atoms in total. The molecule has 0 amide bonds. The second-order valence-corrected chi connectivity index (χ2v) is 11.1. The van der Waals surface area contributed by atoms with Crippen molar-refractivity contribution in [3.05, 3.63) is 129 Å². The lowest BCUT2D eigenvalue weighted by molar-refractivity contribution is 0.267. The highest BCUT2D eigenvalue weighted by molar-refractivity contribution is 14.1. The number of nitrogens with zero attached hydrogens (tertiary/aromatic N) is 1. The van der Waals surface area contributed by atoms with Gasteiger partial charge < -0.3 is 14.8 Å². The van der Waals surface area contributed by atoms with Crippen LogP contribution in [0.15, 0.2) is 108 Å². The largest absolute Gasteiger partial charge is 0.490 e. The van der Waals surface area contributed by atoms with Crippen molar-refractivity contribution in [3.63, 3.8) is 0 Å². The summed E-state index contributed by atoms with van der Waals surface area (Å²) in [6, 6.07) is 31.9. The summed E-state index contributed by atoms with van der Waals surface area (Å²) in [6.07, 6.45) is 7.71. The lowest BCUT2D eigenvalue weighted by Gasteiger charge is -2.37. The first-order valence-corrected chi connectivity index (χ1v) is 14.6. The van der Waals surface area contributed by atoms with Crippen molar-refractivity contribution in [2.45, 2.75) is 31.9 Å². The van der Waals surface area contributed by atoms with E-state index in [1.54, 1.807) is 0 Å². The number of nitrogens with one attached hydrogen (secondary N) is 1. The van der Waals surface area contributed by atoms with Crippen LogP contribution in [0.3, 0.4) is 0 Å². The van der Waals surface area contributed by atoms with Gasteiger partial charge in [0.05, 0.1) is 21.9 Å². The fourth-order valence-corrected chi connectivity index (χ4v) is 6.37. The Labute approximate surface area is 243 Å². The third kappa shape index (κ3) is 5.59. The van der Waals surface area contributed by atoms with Crippen molar-refractivity contribution in [1.29, 1.82) is 0 Å². The summed E-state index contributed by atoms with van der Waals surface area (Å²) in [5.41, 5.74) is 6.98. The molecule has 1 N–H and O–H groups in total. The number of aliphatic imine (C=N–C) groups is 1. The molecule has 0 spiro atoms. The van der Waals surface area contributed by atoms with Gasteiger partial charge in [0.1, 0.15) is 6.61 Å². The summed E-state index contributed by atoms with van der Waals surface area (Å²) in [6.45, 7) is 3.05. The predicted octanol–water partition coefficient (Wildman–Crippen LogP) is 8.85. The Kier molecular flexibility index (Phi) is 7.68. The number of hydrogen-bond acceptors (Lipinski definition) is 4. The summed E-state index contributed by atoms with van der Waals surface area (Å²) in [5.74, 6) is 2.52. The Morgan fingerprint density at radius 2 is 1.74 bits per heavy atom. The van der Waals surface area contributed by atoms with Crippen LogP contribution in [0.4, 0.5) is 11.4 Å². The zero-order valence-corrected chi connectivity index (χ0v) is 24.0. The van der Waals surface area contributed by atoms with E-state index in [9.17, 15) is 0 Å². The van der Waals surface area contributed by atoms with Gasteiger partial charge in [0.2, 0.25) is 0 Å². The highest BCUT2D eigenvalue weighted by Gasteiger charge is 2.37. The van der Waals surface area contributed by atoms with Gasteiger partial charge in [-0.3, -0.25) is 4.99 Å². The Balaban J connectivity index is 1.18. The minimum Gasteiger partial charge on any atom is -0.490 e. The van der Waals surface area contributed by atoms with Crippen LogP contribution >= 0.6 is 22.6 Å². The summed E-state index contributed by atoms with van der Waals surface area (Å²) >= 11 is 2.31. The van der Waals surface area contributed by atoms with E-state index in [1.807, 2.05) is 37.4 Å². The number of para-hydroxylation sites is 1. The molecule has 0 saturated carbocycles. The minimum atomic E-state index is 0.289. The van der Waals surface area contributed by atoms with Crippen molar-refractivity contribution in [3.8, 4) is 11.5 Å². The van der Waals surface area contributed by atoms with Crippen molar-refractivity contribution in [2.75, 3.05) is 11.9 Å². The number of fused-ring (bicyclic) bond motifs is 3. The molecule has 4 aromatic rings. The third-order valence-electron chi connectivity index (χ3n) is 7.44. The minimum absolute atomic E-state index is 0.289. The molecule has 4 aromatic carbocycles. The standard InChI is InChI=1S/C34H31IN2O2/c1-2-38-32-20-24(19-30(35)34(32)39-22-23-9-4-3-5-10-23)21-36-26-17-15-25(16-18-26)33-29-13-8-12-27(29)28-11-6-7-14-31(28)37-33/h3-12,14-21,27,29,33,37H,2,13,22H2,1H3/t27-,29-,33-/m0/s1. The number of ether oxygens (including phenoxy) is 2. The maximum Gasteiger partial charge on any atom is 0.175 e. The van der Waals surface area contributed by atoms with E-state index in [2.05, 4.69) is 107 Å². The van der Waals surface area contributed by atoms with E-state index in [0.29, 0.717) is 25.0 Å². The molecule has 1 aliphatic heterocycles. The van der Waals surface area contributed by atoms with E-state index in [0.717, 1.165) is 38.3 Å². The fourth-order valence-electron chi connectivity index (χ4n) is 5.59. The van der Waals surface area contributed by atoms with E-state index >= 15 is 0 Å². The van der Waals surface area contributed by atoms with E-state index in [1.165, 1.54) is 16.8 Å². The lowest BCUT2D eigenvalue weighted by atomic mass is 9.77. The Bertz CT molecular complexity index is 1500. The van der Waals surface area contributed by atoms with Crippen molar-refractivity contribution in [1.82, 2.24) is 0 Å². The van der Waals surface area contributed by atoms with E-state index in [4.69, 9.17) is 14.5 Å². The molecule has 0 bridgehead atoms. The van der Waals surface area contributed by atoms with Crippen LogP contribution in [-0.4, -0.2) is 12.8 Å². The Morgan fingerprint density at radius 1 is 0.949 bits per heavy atom.